The molecular weight excluding hydrogens is 361 g/mol. The van der Waals surface area contributed by atoms with Gasteiger partial charge in [0.05, 0.1) is 12.6 Å². The lowest BCUT2D eigenvalue weighted by Crippen LogP contribution is -2.47. The summed E-state index contributed by atoms with van der Waals surface area (Å²) >= 11 is 11.8. The molecule has 5 nitrogen and oxygen atoms in total. The third kappa shape index (κ3) is 7.40. The molecule has 130 valence electrons. The summed E-state index contributed by atoms with van der Waals surface area (Å²) in [5, 5.41) is 3.57. The first-order valence-electron chi connectivity index (χ1n) is 6.93. The zero-order chi connectivity index (χ0) is 16.9. The second kappa shape index (κ2) is 9.98. The van der Waals surface area contributed by atoms with Gasteiger partial charge in [0, 0.05) is 23.6 Å². The Balaban J connectivity index is 0.00000484. The van der Waals surface area contributed by atoms with E-state index >= 15 is 0 Å². The summed E-state index contributed by atoms with van der Waals surface area (Å²) in [6, 6.07) is 4.49. The quantitative estimate of drug-likeness (QED) is 0.793. The molecule has 0 aliphatic heterocycles. The first-order chi connectivity index (χ1) is 10.2. The molecule has 3 N–H and O–H groups in total. The topological polar surface area (TPSA) is 75.4 Å². The molecule has 0 saturated heterocycles. The van der Waals surface area contributed by atoms with E-state index in [0.29, 0.717) is 16.6 Å². The van der Waals surface area contributed by atoms with Gasteiger partial charge in [-0.3, -0.25) is 9.59 Å². The molecule has 0 aromatic heterocycles. The Labute approximate surface area is 152 Å². The minimum atomic E-state index is -0.621. The van der Waals surface area contributed by atoms with Crippen molar-refractivity contribution < 1.29 is 9.59 Å². The first kappa shape index (κ1) is 22.0. The van der Waals surface area contributed by atoms with Crippen LogP contribution in [0.2, 0.25) is 10.0 Å². The molecule has 2 amide bonds. The lowest BCUT2D eigenvalue weighted by Gasteiger charge is -2.19. The van der Waals surface area contributed by atoms with Crippen molar-refractivity contribution in [2.75, 3.05) is 13.6 Å². The van der Waals surface area contributed by atoms with Gasteiger partial charge in [-0.15, -0.1) is 12.4 Å². The smallest absolute Gasteiger partial charge is 0.242 e. The van der Waals surface area contributed by atoms with Crippen LogP contribution in [0.3, 0.4) is 0 Å². The molecule has 1 rings (SSSR count). The van der Waals surface area contributed by atoms with E-state index in [1.807, 2.05) is 13.8 Å². The van der Waals surface area contributed by atoms with Gasteiger partial charge in [-0.05, 0) is 29.7 Å². The van der Waals surface area contributed by atoms with E-state index in [-0.39, 0.29) is 36.7 Å². The summed E-state index contributed by atoms with van der Waals surface area (Å²) in [5.74, 6) is -0.538. The Hall–Kier alpha value is -1.01. The highest BCUT2D eigenvalue weighted by atomic mass is 35.5. The van der Waals surface area contributed by atoms with Crippen molar-refractivity contribution in [3.05, 3.63) is 33.8 Å². The summed E-state index contributed by atoms with van der Waals surface area (Å²) in [6.45, 7) is 3.96. The number of hydrogen-bond acceptors (Lipinski definition) is 3. The maximum Gasteiger partial charge on any atom is 0.242 e. The van der Waals surface area contributed by atoms with Crippen LogP contribution in [0.1, 0.15) is 19.4 Å². The van der Waals surface area contributed by atoms with Crippen LogP contribution in [-0.4, -0.2) is 36.3 Å². The molecule has 0 bridgehead atoms. The number of nitrogens with zero attached hydrogens (tertiary/aromatic N) is 1. The second-order valence-corrected chi connectivity index (χ2v) is 6.39. The first-order valence-corrected chi connectivity index (χ1v) is 7.68. The van der Waals surface area contributed by atoms with E-state index in [1.165, 1.54) is 4.90 Å². The minimum absolute atomic E-state index is 0. The van der Waals surface area contributed by atoms with E-state index in [2.05, 4.69) is 5.32 Å². The van der Waals surface area contributed by atoms with Crippen LogP contribution in [0, 0.1) is 5.92 Å². The van der Waals surface area contributed by atoms with E-state index in [1.54, 1.807) is 25.2 Å². The number of carbonyl (C=O) groups excluding carboxylic acids is 2. The number of nitrogens with one attached hydrogen (secondary N) is 1. The zero-order valence-corrected chi connectivity index (χ0v) is 15.6. The standard InChI is InChI=1S/C15H21Cl2N3O2.ClH/c1-9(2)14(18)15(22)19-7-13(21)20(3)8-10-4-11(16)6-12(17)5-10;/h4-6,9,14H,7-8,18H2,1-3H3,(H,19,22);1H/t14-;/m0./s1. The summed E-state index contributed by atoms with van der Waals surface area (Å²) in [5.41, 5.74) is 6.53. The van der Waals surface area contributed by atoms with Gasteiger partial charge in [-0.2, -0.15) is 0 Å². The summed E-state index contributed by atoms with van der Waals surface area (Å²) < 4.78 is 0. The Bertz CT molecular complexity index is 533. The van der Waals surface area contributed by atoms with Gasteiger partial charge in [0.2, 0.25) is 11.8 Å². The Morgan fingerprint density at radius 2 is 1.74 bits per heavy atom. The van der Waals surface area contributed by atoms with E-state index in [9.17, 15) is 9.59 Å². The van der Waals surface area contributed by atoms with Crippen molar-refractivity contribution in [1.82, 2.24) is 10.2 Å². The number of likely N-dealkylation sites (N-methyl/N-ethyl adjacent to an activating group) is 1. The molecule has 23 heavy (non-hydrogen) atoms. The number of halogens is 3. The van der Waals surface area contributed by atoms with Gasteiger partial charge in [0.1, 0.15) is 0 Å². The third-order valence-electron chi connectivity index (χ3n) is 3.20. The van der Waals surface area contributed by atoms with Gasteiger partial charge in [0.25, 0.3) is 0 Å². The van der Waals surface area contributed by atoms with Crippen molar-refractivity contribution in [3.63, 3.8) is 0 Å². The normalized spacial score (nSPS) is 11.6. The van der Waals surface area contributed by atoms with E-state index in [4.69, 9.17) is 28.9 Å². The average Bonchev–Trinajstić information content (AvgIpc) is 2.42. The molecule has 0 aliphatic carbocycles. The molecule has 0 saturated carbocycles. The SMILES string of the molecule is CC(C)[C@H](N)C(=O)NCC(=O)N(C)Cc1cc(Cl)cc(Cl)c1.Cl. The second-order valence-electron chi connectivity index (χ2n) is 5.52. The fourth-order valence-corrected chi connectivity index (χ4v) is 2.35. The molecule has 1 aromatic rings. The molecule has 1 aromatic carbocycles. The molecule has 0 spiro atoms. The number of rotatable bonds is 6. The third-order valence-corrected chi connectivity index (χ3v) is 3.64. The molecule has 0 fully saturated rings. The number of hydrogen-bond donors (Lipinski definition) is 2. The van der Waals surface area contributed by atoms with E-state index < -0.39 is 6.04 Å². The molecular formula is C15H22Cl3N3O2. The Kier molecular flexibility index (Phi) is 9.54. The van der Waals surface area contributed by atoms with Crippen LogP contribution < -0.4 is 11.1 Å². The fourth-order valence-electron chi connectivity index (χ4n) is 1.78. The number of benzene rings is 1. The van der Waals surface area contributed by atoms with Crippen LogP contribution in [0.5, 0.6) is 0 Å². The predicted octanol–water partition coefficient (Wildman–Crippen LogP) is 2.47. The maximum absolute atomic E-state index is 12.0. The van der Waals surface area contributed by atoms with E-state index in [0.717, 1.165) is 5.56 Å². The highest BCUT2D eigenvalue weighted by Gasteiger charge is 2.18. The zero-order valence-electron chi connectivity index (χ0n) is 13.3. The van der Waals surface area contributed by atoms with Crippen LogP contribution in [0.4, 0.5) is 0 Å². The predicted molar refractivity (Wildman–Crippen MR) is 96.0 cm³/mol. The monoisotopic (exact) mass is 381 g/mol. The number of nitrogens with two attached hydrogens (primary N) is 1. The molecule has 0 aliphatic rings. The van der Waals surface area contributed by atoms with Crippen LogP contribution in [0.15, 0.2) is 18.2 Å². The summed E-state index contributed by atoms with van der Waals surface area (Å²) in [4.78, 5) is 25.2. The minimum Gasteiger partial charge on any atom is -0.346 e. The number of amides is 2. The highest BCUT2D eigenvalue weighted by molar-refractivity contribution is 6.34. The average molecular weight is 383 g/mol. The van der Waals surface area contributed by atoms with Gasteiger partial charge in [-0.25, -0.2) is 0 Å². The molecule has 1 atom stereocenters. The molecule has 0 radical (unpaired) electrons. The lowest BCUT2D eigenvalue weighted by molar-refractivity contribution is -0.132. The molecule has 0 heterocycles. The van der Waals surface area contributed by atoms with Crippen LogP contribution in [0.25, 0.3) is 0 Å². The maximum atomic E-state index is 12.0. The largest absolute Gasteiger partial charge is 0.346 e. The van der Waals surface area contributed by atoms with Gasteiger partial charge in [-0.1, -0.05) is 37.0 Å². The Morgan fingerprint density at radius 3 is 2.22 bits per heavy atom. The Morgan fingerprint density at radius 1 is 1.22 bits per heavy atom. The lowest BCUT2D eigenvalue weighted by atomic mass is 10.1. The van der Waals surface area contributed by atoms with Gasteiger partial charge >= 0.3 is 0 Å². The molecule has 8 heteroatoms. The van der Waals surface area contributed by atoms with Crippen molar-refractivity contribution in [2.24, 2.45) is 11.7 Å². The van der Waals surface area contributed by atoms with Crippen molar-refractivity contribution >= 4 is 47.4 Å². The highest BCUT2D eigenvalue weighted by Crippen LogP contribution is 2.19. The molecule has 0 unspecified atom stereocenters. The summed E-state index contributed by atoms with van der Waals surface area (Å²) in [6.07, 6.45) is 0. The summed E-state index contributed by atoms with van der Waals surface area (Å²) in [7, 11) is 1.64. The van der Waals surface area contributed by atoms with Crippen molar-refractivity contribution in [2.45, 2.75) is 26.4 Å². The number of carbonyl (C=O) groups is 2. The van der Waals surface area contributed by atoms with Crippen LogP contribution >= 0.6 is 35.6 Å². The van der Waals surface area contributed by atoms with Crippen LogP contribution in [-0.2, 0) is 16.1 Å². The fraction of sp³-hybridized carbons (Fsp3) is 0.467. The van der Waals surface area contributed by atoms with Gasteiger partial charge in [0.15, 0.2) is 0 Å². The van der Waals surface area contributed by atoms with Gasteiger partial charge < -0.3 is 16.0 Å². The van der Waals surface area contributed by atoms with Crippen molar-refractivity contribution in [1.29, 1.82) is 0 Å². The van der Waals surface area contributed by atoms with Crippen molar-refractivity contribution in [3.8, 4) is 0 Å².